The largest absolute Gasteiger partial charge is 0.353 e. The van der Waals surface area contributed by atoms with Crippen LogP contribution in [0.2, 0.25) is 0 Å². The van der Waals surface area contributed by atoms with Gasteiger partial charge in [0.2, 0.25) is 11.8 Å². The van der Waals surface area contributed by atoms with E-state index in [2.05, 4.69) is 16.8 Å². The van der Waals surface area contributed by atoms with Crippen LogP contribution in [0.4, 0.5) is 11.5 Å². The van der Waals surface area contributed by atoms with E-state index in [1.807, 2.05) is 47.4 Å². The van der Waals surface area contributed by atoms with Crippen LogP contribution in [-0.4, -0.2) is 54.4 Å². The molecule has 1 aliphatic heterocycles. The number of hydrogen-bond acceptors (Lipinski definition) is 4. The Kier molecular flexibility index (Phi) is 6.06. The molecule has 1 fully saturated rings. The van der Waals surface area contributed by atoms with E-state index < -0.39 is 0 Å². The van der Waals surface area contributed by atoms with Crippen LogP contribution in [0.25, 0.3) is 0 Å². The Morgan fingerprint density at radius 3 is 2.37 bits per heavy atom. The van der Waals surface area contributed by atoms with E-state index in [-0.39, 0.29) is 18.4 Å². The number of hydrogen-bond donors (Lipinski definition) is 0. The van der Waals surface area contributed by atoms with Gasteiger partial charge in [-0.25, -0.2) is 4.98 Å². The van der Waals surface area contributed by atoms with E-state index >= 15 is 0 Å². The third-order valence-corrected chi connectivity index (χ3v) is 4.94. The summed E-state index contributed by atoms with van der Waals surface area (Å²) in [5, 5.41) is 0. The molecule has 0 aliphatic carbocycles. The van der Waals surface area contributed by atoms with Gasteiger partial charge in [0.1, 0.15) is 12.4 Å². The summed E-state index contributed by atoms with van der Waals surface area (Å²) in [4.78, 5) is 35.0. The van der Waals surface area contributed by atoms with E-state index in [1.54, 1.807) is 11.1 Å². The van der Waals surface area contributed by atoms with Crippen LogP contribution in [0.1, 0.15) is 19.4 Å². The Morgan fingerprint density at radius 1 is 1.04 bits per heavy atom. The fourth-order valence-electron chi connectivity index (χ4n) is 3.40. The minimum Gasteiger partial charge on any atom is -0.353 e. The predicted octanol–water partition coefficient (Wildman–Crippen LogP) is 2.35. The standard InChI is InChI=1S/C21H26N4O2/c1-3-18-8-4-5-9-19(18)25(17(2)26)16-21(27)24-14-12-23(13-15-24)20-10-6-7-11-22-20/h4-11H,3,12-16H2,1-2H3. The van der Waals surface area contributed by atoms with Crippen molar-refractivity contribution in [3.8, 4) is 0 Å². The summed E-state index contributed by atoms with van der Waals surface area (Å²) in [7, 11) is 0. The molecular formula is C21H26N4O2. The molecule has 6 heteroatoms. The Morgan fingerprint density at radius 2 is 1.74 bits per heavy atom. The maximum absolute atomic E-state index is 12.8. The molecular weight excluding hydrogens is 340 g/mol. The zero-order valence-electron chi connectivity index (χ0n) is 16.0. The van der Waals surface area contributed by atoms with Crippen LogP contribution in [-0.2, 0) is 16.0 Å². The molecule has 3 rings (SSSR count). The van der Waals surface area contributed by atoms with E-state index in [1.165, 1.54) is 6.92 Å². The lowest BCUT2D eigenvalue weighted by Gasteiger charge is -2.36. The van der Waals surface area contributed by atoms with Crippen molar-refractivity contribution in [2.75, 3.05) is 42.5 Å². The van der Waals surface area contributed by atoms with Gasteiger partial charge in [-0.15, -0.1) is 0 Å². The Bertz CT molecular complexity index is 786. The normalized spacial score (nSPS) is 14.1. The number of pyridine rings is 1. The molecule has 2 amide bonds. The van der Waals surface area contributed by atoms with E-state index in [9.17, 15) is 9.59 Å². The molecule has 27 heavy (non-hydrogen) atoms. The quantitative estimate of drug-likeness (QED) is 0.815. The lowest BCUT2D eigenvalue weighted by molar-refractivity contribution is -0.131. The van der Waals surface area contributed by atoms with Gasteiger partial charge in [0.15, 0.2) is 0 Å². The Balaban J connectivity index is 1.64. The van der Waals surface area contributed by atoms with Crippen LogP contribution in [0.5, 0.6) is 0 Å². The van der Waals surface area contributed by atoms with E-state index in [4.69, 9.17) is 0 Å². The van der Waals surface area contributed by atoms with Crippen molar-refractivity contribution in [1.29, 1.82) is 0 Å². The summed E-state index contributed by atoms with van der Waals surface area (Å²) >= 11 is 0. The van der Waals surface area contributed by atoms with Crippen molar-refractivity contribution in [2.24, 2.45) is 0 Å². The Hall–Kier alpha value is -2.89. The van der Waals surface area contributed by atoms with Crippen LogP contribution >= 0.6 is 0 Å². The molecule has 1 aromatic heterocycles. The summed E-state index contributed by atoms with van der Waals surface area (Å²) in [5.74, 6) is 0.806. The molecule has 0 unspecified atom stereocenters. The third-order valence-electron chi connectivity index (χ3n) is 4.94. The molecule has 0 atom stereocenters. The number of aromatic nitrogens is 1. The fraction of sp³-hybridized carbons (Fsp3) is 0.381. The predicted molar refractivity (Wildman–Crippen MR) is 107 cm³/mol. The molecule has 0 radical (unpaired) electrons. The highest BCUT2D eigenvalue weighted by Crippen LogP contribution is 2.21. The van der Waals surface area contributed by atoms with Gasteiger partial charge in [-0.1, -0.05) is 31.2 Å². The highest BCUT2D eigenvalue weighted by Gasteiger charge is 2.25. The second kappa shape index (κ2) is 8.66. The maximum atomic E-state index is 12.8. The minimum absolute atomic E-state index is 0.0169. The van der Waals surface area contributed by atoms with Gasteiger partial charge in [-0.2, -0.15) is 0 Å². The van der Waals surface area contributed by atoms with Gasteiger partial charge in [-0.05, 0) is 30.2 Å². The molecule has 6 nitrogen and oxygen atoms in total. The van der Waals surface area contributed by atoms with Crippen molar-refractivity contribution < 1.29 is 9.59 Å². The first kappa shape index (κ1) is 18.9. The first-order chi connectivity index (χ1) is 13.1. The lowest BCUT2D eigenvalue weighted by Crippen LogP contribution is -2.52. The fourth-order valence-corrected chi connectivity index (χ4v) is 3.40. The monoisotopic (exact) mass is 366 g/mol. The van der Waals surface area contributed by atoms with Crippen LogP contribution in [0.15, 0.2) is 48.7 Å². The topological polar surface area (TPSA) is 56.8 Å². The van der Waals surface area contributed by atoms with Crippen LogP contribution < -0.4 is 9.80 Å². The number of benzene rings is 1. The molecule has 0 saturated carbocycles. The molecule has 0 bridgehead atoms. The van der Waals surface area contributed by atoms with Crippen molar-refractivity contribution in [1.82, 2.24) is 9.88 Å². The number of carbonyl (C=O) groups is 2. The molecule has 0 spiro atoms. The second-order valence-electron chi connectivity index (χ2n) is 6.64. The lowest BCUT2D eigenvalue weighted by atomic mass is 10.1. The molecule has 1 aliphatic rings. The Labute approximate surface area is 160 Å². The molecule has 142 valence electrons. The van der Waals surface area contributed by atoms with Crippen LogP contribution in [0, 0.1) is 0 Å². The number of rotatable bonds is 5. The average Bonchev–Trinajstić information content (AvgIpc) is 2.72. The van der Waals surface area contributed by atoms with Crippen LogP contribution in [0.3, 0.4) is 0 Å². The molecule has 1 saturated heterocycles. The SMILES string of the molecule is CCc1ccccc1N(CC(=O)N1CCN(c2ccccn2)CC1)C(C)=O. The summed E-state index contributed by atoms with van der Waals surface area (Å²) in [6.07, 6.45) is 2.60. The smallest absolute Gasteiger partial charge is 0.242 e. The number of nitrogens with zero attached hydrogens (tertiary/aromatic N) is 4. The first-order valence-electron chi connectivity index (χ1n) is 9.40. The average molecular weight is 366 g/mol. The van der Waals surface area contributed by atoms with Gasteiger partial charge < -0.3 is 14.7 Å². The first-order valence-corrected chi connectivity index (χ1v) is 9.40. The second-order valence-corrected chi connectivity index (χ2v) is 6.64. The number of carbonyl (C=O) groups excluding carboxylic acids is 2. The number of para-hydroxylation sites is 1. The van der Waals surface area contributed by atoms with Crippen molar-refractivity contribution in [3.05, 3.63) is 54.2 Å². The van der Waals surface area contributed by atoms with Gasteiger partial charge >= 0.3 is 0 Å². The van der Waals surface area contributed by atoms with Crippen molar-refractivity contribution in [3.63, 3.8) is 0 Å². The van der Waals surface area contributed by atoms with E-state index in [0.29, 0.717) is 13.1 Å². The maximum Gasteiger partial charge on any atom is 0.242 e. The molecule has 2 aromatic rings. The molecule has 0 N–H and O–H groups in total. The molecule has 2 heterocycles. The summed E-state index contributed by atoms with van der Waals surface area (Å²) < 4.78 is 0. The van der Waals surface area contributed by atoms with Crippen molar-refractivity contribution >= 4 is 23.3 Å². The third kappa shape index (κ3) is 4.45. The van der Waals surface area contributed by atoms with Gasteiger partial charge in [0, 0.05) is 45.0 Å². The van der Waals surface area contributed by atoms with Gasteiger partial charge in [-0.3, -0.25) is 9.59 Å². The number of anilines is 2. The number of piperazine rings is 1. The zero-order valence-corrected chi connectivity index (χ0v) is 16.0. The summed E-state index contributed by atoms with van der Waals surface area (Å²) in [5.41, 5.74) is 1.90. The highest BCUT2D eigenvalue weighted by molar-refractivity contribution is 5.98. The minimum atomic E-state index is -0.114. The van der Waals surface area contributed by atoms with Crippen molar-refractivity contribution in [2.45, 2.75) is 20.3 Å². The van der Waals surface area contributed by atoms with Gasteiger partial charge in [0.05, 0.1) is 0 Å². The highest BCUT2D eigenvalue weighted by atomic mass is 16.2. The number of amides is 2. The molecule has 1 aromatic carbocycles. The summed E-state index contributed by atoms with van der Waals surface area (Å²) in [6, 6.07) is 13.6. The number of aryl methyl sites for hydroxylation is 1. The summed E-state index contributed by atoms with van der Waals surface area (Å²) in [6.45, 7) is 6.40. The van der Waals surface area contributed by atoms with E-state index in [0.717, 1.165) is 36.6 Å². The van der Waals surface area contributed by atoms with Gasteiger partial charge in [0.25, 0.3) is 0 Å². The zero-order chi connectivity index (χ0) is 19.2.